The monoisotopic (exact) mass is 424 g/mol. The molecule has 0 bridgehead atoms. The number of carbonyl (C=O) groups excluding carboxylic acids is 2. The van der Waals surface area contributed by atoms with Gasteiger partial charge in [-0.25, -0.2) is 0 Å². The van der Waals surface area contributed by atoms with Crippen LogP contribution in [0.15, 0.2) is 40.8 Å². The van der Waals surface area contributed by atoms with Gasteiger partial charge >= 0.3 is 5.97 Å². The van der Waals surface area contributed by atoms with Gasteiger partial charge in [0.1, 0.15) is 17.2 Å². The maximum absolute atomic E-state index is 13.5. The van der Waals surface area contributed by atoms with Crippen molar-refractivity contribution in [3.63, 3.8) is 0 Å². The first-order valence-electron chi connectivity index (χ1n) is 10.7. The normalized spacial score (nSPS) is 16.5. The fourth-order valence-corrected chi connectivity index (χ4v) is 4.24. The fraction of sp³-hybridized carbons (Fsp3) is 0.417. The molecule has 2 aromatic heterocycles. The molecule has 1 aliphatic heterocycles. The highest BCUT2D eigenvalue weighted by molar-refractivity contribution is 5.98. The third-order valence-electron chi connectivity index (χ3n) is 5.74. The van der Waals surface area contributed by atoms with Crippen molar-refractivity contribution in [3.05, 3.63) is 53.4 Å². The van der Waals surface area contributed by atoms with Crippen LogP contribution in [0.3, 0.4) is 0 Å². The van der Waals surface area contributed by atoms with Crippen molar-refractivity contribution in [1.29, 1.82) is 0 Å². The molecule has 0 spiro atoms. The molecule has 1 saturated heterocycles. The minimum atomic E-state index is -0.273. The quantitative estimate of drug-likeness (QED) is 0.559. The minimum Gasteiger partial charge on any atom is -0.497 e. The molecule has 31 heavy (non-hydrogen) atoms. The van der Waals surface area contributed by atoms with E-state index in [9.17, 15) is 9.59 Å². The van der Waals surface area contributed by atoms with E-state index in [-0.39, 0.29) is 17.8 Å². The second-order valence-electron chi connectivity index (χ2n) is 7.92. The molecular formula is C24H28N2O5. The van der Waals surface area contributed by atoms with Crippen LogP contribution >= 0.6 is 0 Å². The lowest BCUT2D eigenvalue weighted by molar-refractivity contribution is -0.149. The summed E-state index contributed by atoms with van der Waals surface area (Å²) in [4.78, 5) is 27.5. The van der Waals surface area contributed by atoms with E-state index < -0.39 is 0 Å². The molecule has 4 rings (SSSR count). The molecule has 1 aliphatic rings. The van der Waals surface area contributed by atoms with E-state index in [1.165, 1.54) is 0 Å². The topological polar surface area (TPSA) is 73.9 Å². The van der Waals surface area contributed by atoms with Crippen molar-refractivity contribution in [2.24, 2.45) is 5.92 Å². The number of aromatic nitrogens is 1. The molecule has 0 radical (unpaired) electrons. The zero-order chi connectivity index (χ0) is 22.0. The lowest BCUT2D eigenvalue weighted by Gasteiger charge is -2.31. The Labute approximate surface area is 181 Å². The van der Waals surface area contributed by atoms with Gasteiger partial charge in [-0.15, -0.1) is 0 Å². The number of ether oxygens (including phenoxy) is 2. The number of piperidine rings is 1. The summed E-state index contributed by atoms with van der Waals surface area (Å²) in [6.07, 6.45) is 1.52. The number of hydrogen-bond acceptors (Lipinski definition) is 5. The Bertz CT molecular complexity index is 1100. The molecule has 0 N–H and O–H groups in total. The summed E-state index contributed by atoms with van der Waals surface area (Å²) in [5.74, 6) is 0.968. The predicted octanol–water partition coefficient (Wildman–Crippen LogP) is 4.01. The van der Waals surface area contributed by atoms with Gasteiger partial charge in [-0.3, -0.25) is 9.59 Å². The number of fused-ring (bicyclic) bond motifs is 1. The molecule has 0 unspecified atom stereocenters. The number of benzene rings is 1. The molecule has 7 heteroatoms. The standard InChI is InChI=1S/C24H28N2O5/c1-4-30-24(28)18-8-6-10-25(15-18)23(27)21-13-22-20(11-16(2)31-22)26(21)14-17-7-5-9-19(12-17)29-3/h5,7,9,11-13,18H,4,6,8,10,14-15H2,1-3H3/t18-/m1/s1. The summed E-state index contributed by atoms with van der Waals surface area (Å²) in [6, 6.07) is 11.6. The third kappa shape index (κ3) is 4.31. The molecule has 1 amide bonds. The first-order valence-corrected chi connectivity index (χ1v) is 10.7. The molecular weight excluding hydrogens is 396 g/mol. The summed E-state index contributed by atoms with van der Waals surface area (Å²) in [6.45, 7) is 5.55. The van der Waals surface area contributed by atoms with E-state index in [4.69, 9.17) is 13.9 Å². The Kier molecular flexibility index (Phi) is 6.02. The molecule has 1 atom stereocenters. The van der Waals surface area contributed by atoms with Gasteiger partial charge in [-0.05, 0) is 44.4 Å². The first-order chi connectivity index (χ1) is 15.0. The smallest absolute Gasteiger partial charge is 0.310 e. The van der Waals surface area contributed by atoms with Crippen LogP contribution in [-0.4, -0.2) is 48.1 Å². The Morgan fingerprint density at radius 3 is 2.84 bits per heavy atom. The van der Waals surface area contributed by atoms with Gasteiger partial charge in [0.15, 0.2) is 5.58 Å². The van der Waals surface area contributed by atoms with Crippen LogP contribution in [0.5, 0.6) is 5.75 Å². The van der Waals surface area contributed by atoms with Crippen molar-refractivity contribution in [2.75, 3.05) is 26.8 Å². The number of methoxy groups -OCH3 is 1. The summed E-state index contributed by atoms with van der Waals surface area (Å²) in [5, 5.41) is 0. The Morgan fingerprint density at radius 2 is 2.06 bits per heavy atom. The van der Waals surface area contributed by atoms with Crippen LogP contribution in [0.25, 0.3) is 11.1 Å². The predicted molar refractivity (Wildman–Crippen MR) is 116 cm³/mol. The van der Waals surface area contributed by atoms with Gasteiger partial charge in [0, 0.05) is 31.8 Å². The van der Waals surface area contributed by atoms with E-state index in [0.717, 1.165) is 35.4 Å². The molecule has 3 aromatic rings. The SMILES string of the molecule is CCOC(=O)[C@@H]1CCCN(C(=O)c2cc3oc(C)cc3n2Cc2cccc(OC)c2)C1. The number of esters is 1. The van der Waals surface area contributed by atoms with E-state index in [2.05, 4.69) is 0 Å². The van der Waals surface area contributed by atoms with Crippen LogP contribution in [0.4, 0.5) is 0 Å². The zero-order valence-electron chi connectivity index (χ0n) is 18.2. The Balaban J connectivity index is 1.65. The van der Waals surface area contributed by atoms with E-state index >= 15 is 0 Å². The van der Waals surface area contributed by atoms with E-state index in [1.54, 1.807) is 25.0 Å². The van der Waals surface area contributed by atoms with Gasteiger partial charge in [-0.1, -0.05) is 12.1 Å². The summed E-state index contributed by atoms with van der Waals surface area (Å²) in [7, 11) is 1.64. The molecule has 0 aliphatic carbocycles. The minimum absolute atomic E-state index is 0.0963. The van der Waals surface area contributed by atoms with Crippen LogP contribution in [0.2, 0.25) is 0 Å². The second kappa shape index (κ2) is 8.88. The summed E-state index contributed by atoms with van der Waals surface area (Å²) < 4.78 is 18.3. The van der Waals surface area contributed by atoms with Gasteiger partial charge in [0.05, 0.1) is 25.2 Å². The number of likely N-dealkylation sites (tertiary alicyclic amines) is 1. The van der Waals surface area contributed by atoms with E-state index in [0.29, 0.717) is 37.5 Å². The maximum atomic E-state index is 13.5. The van der Waals surface area contributed by atoms with Crippen LogP contribution in [0, 0.1) is 12.8 Å². The lowest BCUT2D eigenvalue weighted by Crippen LogP contribution is -2.43. The number of amides is 1. The van der Waals surface area contributed by atoms with Crippen LogP contribution in [-0.2, 0) is 16.1 Å². The van der Waals surface area contributed by atoms with Gasteiger partial charge in [-0.2, -0.15) is 0 Å². The van der Waals surface area contributed by atoms with Gasteiger partial charge < -0.3 is 23.4 Å². The molecule has 0 saturated carbocycles. The van der Waals surface area contributed by atoms with Crippen LogP contribution < -0.4 is 4.74 Å². The number of hydrogen-bond donors (Lipinski definition) is 0. The molecule has 164 valence electrons. The molecule has 3 heterocycles. The second-order valence-corrected chi connectivity index (χ2v) is 7.92. The highest BCUT2D eigenvalue weighted by atomic mass is 16.5. The average molecular weight is 424 g/mol. The summed E-state index contributed by atoms with van der Waals surface area (Å²) >= 11 is 0. The highest BCUT2D eigenvalue weighted by Gasteiger charge is 2.31. The molecule has 7 nitrogen and oxygen atoms in total. The number of carbonyl (C=O) groups is 2. The van der Waals surface area contributed by atoms with Crippen molar-refractivity contribution < 1.29 is 23.5 Å². The maximum Gasteiger partial charge on any atom is 0.310 e. The van der Waals surface area contributed by atoms with Crippen LogP contribution in [0.1, 0.15) is 41.6 Å². The fourth-order valence-electron chi connectivity index (χ4n) is 4.24. The lowest BCUT2D eigenvalue weighted by atomic mass is 9.98. The Hall–Kier alpha value is -3.22. The zero-order valence-corrected chi connectivity index (χ0v) is 18.2. The van der Waals surface area contributed by atoms with Crippen molar-refractivity contribution >= 4 is 23.0 Å². The number of furan rings is 1. The summed E-state index contributed by atoms with van der Waals surface area (Å²) in [5.41, 5.74) is 3.14. The van der Waals surface area contributed by atoms with Gasteiger partial charge in [0.2, 0.25) is 0 Å². The molecule has 1 fully saturated rings. The third-order valence-corrected chi connectivity index (χ3v) is 5.74. The molecule has 1 aromatic carbocycles. The number of nitrogens with zero attached hydrogens (tertiary/aromatic N) is 2. The van der Waals surface area contributed by atoms with Crippen molar-refractivity contribution in [3.8, 4) is 5.75 Å². The largest absolute Gasteiger partial charge is 0.497 e. The Morgan fingerprint density at radius 1 is 1.23 bits per heavy atom. The highest BCUT2D eigenvalue weighted by Crippen LogP contribution is 2.28. The van der Waals surface area contributed by atoms with Gasteiger partial charge in [0.25, 0.3) is 5.91 Å². The van der Waals surface area contributed by atoms with Crippen molar-refractivity contribution in [2.45, 2.75) is 33.2 Å². The number of rotatable bonds is 6. The first kappa shape index (κ1) is 21.0. The van der Waals surface area contributed by atoms with E-state index in [1.807, 2.05) is 41.8 Å². The van der Waals surface area contributed by atoms with Crippen molar-refractivity contribution in [1.82, 2.24) is 9.47 Å². The average Bonchev–Trinajstić information content (AvgIpc) is 3.30. The number of aryl methyl sites for hydroxylation is 1.